The summed E-state index contributed by atoms with van der Waals surface area (Å²) in [5.41, 5.74) is 2.49. The molecule has 0 amide bonds. The molecular weight excluding hydrogens is 268 g/mol. The number of nitrogens with zero attached hydrogens (tertiary/aromatic N) is 2. The molecule has 2 heterocycles. The van der Waals surface area contributed by atoms with E-state index in [0.717, 1.165) is 21.0 Å². The molecule has 18 heavy (non-hydrogen) atoms. The number of nitrogens with one attached hydrogen (secondary N) is 1. The van der Waals surface area contributed by atoms with Crippen molar-refractivity contribution in [2.24, 2.45) is 11.8 Å². The number of aliphatic hydroxyl groups is 1. The van der Waals surface area contributed by atoms with Crippen molar-refractivity contribution >= 4 is 39.3 Å². The molecule has 0 fully saturated rings. The van der Waals surface area contributed by atoms with Crippen LogP contribution in [0.2, 0.25) is 0 Å². The third-order valence-corrected chi connectivity index (χ3v) is 4.69. The molecule has 4 N–H and O–H groups in total. The van der Waals surface area contributed by atoms with Gasteiger partial charge in [-0.1, -0.05) is 6.92 Å². The van der Waals surface area contributed by atoms with Gasteiger partial charge >= 0.3 is 0 Å². The fourth-order valence-electron chi connectivity index (χ4n) is 1.46. The molecule has 5 nitrogen and oxygen atoms in total. The van der Waals surface area contributed by atoms with Crippen LogP contribution in [0.1, 0.15) is 11.8 Å². The molecule has 0 saturated carbocycles. The number of nitrogens with two attached hydrogens (primary N) is 1. The Morgan fingerprint density at radius 3 is 3.00 bits per heavy atom. The zero-order valence-corrected chi connectivity index (χ0v) is 11.9. The van der Waals surface area contributed by atoms with Crippen LogP contribution in [0.3, 0.4) is 0 Å². The van der Waals surface area contributed by atoms with Gasteiger partial charge in [0.15, 0.2) is 0 Å². The summed E-state index contributed by atoms with van der Waals surface area (Å²) in [5, 5.41) is 11.0. The second kappa shape index (κ2) is 5.83. The molecular formula is C11H16N4OS2. The SMILES string of the molecule is Cc1cc2c(SCC(C)CO)nc(NN)nc2s1. The Bertz CT molecular complexity index is 543. The van der Waals surface area contributed by atoms with Crippen LogP contribution >= 0.6 is 23.1 Å². The number of nitrogen functional groups attached to an aromatic ring is 1. The number of thiophene rings is 1. The van der Waals surface area contributed by atoms with E-state index in [4.69, 9.17) is 10.9 Å². The second-order valence-corrected chi connectivity index (χ2v) is 6.41. The maximum absolute atomic E-state index is 9.05. The molecule has 0 aliphatic rings. The van der Waals surface area contributed by atoms with Gasteiger partial charge in [-0.2, -0.15) is 0 Å². The molecule has 1 atom stereocenters. The number of rotatable bonds is 5. The van der Waals surface area contributed by atoms with Gasteiger partial charge in [-0.05, 0) is 18.9 Å². The highest BCUT2D eigenvalue weighted by molar-refractivity contribution is 7.99. The minimum Gasteiger partial charge on any atom is -0.396 e. The summed E-state index contributed by atoms with van der Waals surface area (Å²) >= 11 is 3.25. The van der Waals surface area contributed by atoms with Crippen LogP contribution < -0.4 is 11.3 Å². The van der Waals surface area contributed by atoms with Gasteiger partial charge in [0.05, 0.1) is 0 Å². The molecule has 0 aliphatic carbocycles. The molecule has 98 valence electrons. The number of aromatic nitrogens is 2. The quantitative estimate of drug-likeness (QED) is 0.337. The topological polar surface area (TPSA) is 84.1 Å². The number of hydrazine groups is 1. The largest absolute Gasteiger partial charge is 0.396 e. The summed E-state index contributed by atoms with van der Waals surface area (Å²) in [6.07, 6.45) is 0. The fraction of sp³-hybridized carbons (Fsp3) is 0.455. The molecule has 7 heteroatoms. The second-order valence-electron chi connectivity index (χ2n) is 4.17. The molecule has 0 saturated heterocycles. The van der Waals surface area contributed by atoms with E-state index in [1.807, 2.05) is 13.8 Å². The van der Waals surface area contributed by atoms with Crippen molar-refractivity contribution in [3.8, 4) is 0 Å². The van der Waals surface area contributed by atoms with Gasteiger partial charge in [0, 0.05) is 22.6 Å². The molecule has 2 aromatic rings. The van der Waals surface area contributed by atoms with Crippen LogP contribution in [-0.2, 0) is 0 Å². The Morgan fingerprint density at radius 2 is 2.33 bits per heavy atom. The third-order valence-electron chi connectivity index (χ3n) is 2.43. The summed E-state index contributed by atoms with van der Waals surface area (Å²) in [4.78, 5) is 10.8. The van der Waals surface area contributed by atoms with Gasteiger partial charge < -0.3 is 5.11 Å². The lowest BCUT2D eigenvalue weighted by atomic mass is 10.2. The highest BCUT2D eigenvalue weighted by Gasteiger charge is 2.12. The van der Waals surface area contributed by atoms with E-state index >= 15 is 0 Å². The minimum absolute atomic E-state index is 0.186. The first-order valence-corrected chi connectivity index (χ1v) is 7.42. The summed E-state index contributed by atoms with van der Waals surface area (Å²) in [6, 6.07) is 2.09. The summed E-state index contributed by atoms with van der Waals surface area (Å²) < 4.78 is 0. The van der Waals surface area contributed by atoms with Gasteiger partial charge in [-0.15, -0.1) is 23.1 Å². The monoisotopic (exact) mass is 284 g/mol. The van der Waals surface area contributed by atoms with Gasteiger partial charge in [-0.3, -0.25) is 5.43 Å². The maximum Gasteiger partial charge on any atom is 0.239 e. The number of hydrogen-bond acceptors (Lipinski definition) is 7. The Kier molecular flexibility index (Phi) is 4.39. The predicted octanol–water partition coefficient (Wildman–Crippen LogP) is 2.01. The number of aliphatic hydroxyl groups excluding tert-OH is 1. The zero-order valence-electron chi connectivity index (χ0n) is 10.3. The summed E-state index contributed by atoms with van der Waals surface area (Å²) in [5.74, 6) is 6.88. The number of aryl methyl sites for hydroxylation is 1. The van der Waals surface area contributed by atoms with Gasteiger partial charge in [-0.25, -0.2) is 15.8 Å². The maximum atomic E-state index is 9.05. The molecule has 0 spiro atoms. The number of thioether (sulfide) groups is 1. The Hall–Kier alpha value is -0.890. The van der Waals surface area contributed by atoms with Crippen LogP contribution in [0, 0.1) is 12.8 Å². The molecule has 0 aromatic carbocycles. The molecule has 2 aromatic heterocycles. The van der Waals surface area contributed by atoms with E-state index in [-0.39, 0.29) is 12.5 Å². The molecule has 0 aliphatic heterocycles. The average molecular weight is 284 g/mol. The van der Waals surface area contributed by atoms with Crippen molar-refractivity contribution in [3.05, 3.63) is 10.9 Å². The Morgan fingerprint density at radius 1 is 1.56 bits per heavy atom. The number of hydrogen-bond donors (Lipinski definition) is 3. The first-order valence-electron chi connectivity index (χ1n) is 5.62. The lowest BCUT2D eigenvalue weighted by Gasteiger charge is -2.08. The van der Waals surface area contributed by atoms with Gasteiger partial charge in [0.25, 0.3) is 0 Å². The minimum atomic E-state index is 0.186. The van der Waals surface area contributed by atoms with Crippen molar-refractivity contribution in [1.29, 1.82) is 0 Å². The van der Waals surface area contributed by atoms with Gasteiger partial charge in [0.1, 0.15) is 9.86 Å². The van der Waals surface area contributed by atoms with Crippen LogP contribution in [-0.4, -0.2) is 27.4 Å². The van der Waals surface area contributed by atoms with Crippen LogP contribution in [0.15, 0.2) is 11.1 Å². The van der Waals surface area contributed by atoms with E-state index in [1.54, 1.807) is 23.1 Å². The van der Waals surface area contributed by atoms with Crippen molar-refractivity contribution in [2.45, 2.75) is 18.9 Å². The lowest BCUT2D eigenvalue weighted by molar-refractivity contribution is 0.250. The predicted molar refractivity (Wildman–Crippen MR) is 76.9 cm³/mol. The van der Waals surface area contributed by atoms with E-state index in [9.17, 15) is 0 Å². The van der Waals surface area contributed by atoms with E-state index in [2.05, 4.69) is 21.5 Å². The molecule has 2 rings (SSSR count). The third kappa shape index (κ3) is 2.92. The van der Waals surface area contributed by atoms with Crippen molar-refractivity contribution < 1.29 is 5.11 Å². The van der Waals surface area contributed by atoms with Gasteiger partial charge in [0.2, 0.25) is 5.95 Å². The number of fused-ring (bicyclic) bond motifs is 1. The molecule has 0 radical (unpaired) electrons. The molecule has 0 bridgehead atoms. The Labute approximate surface area is 114 Å². The first kappa shape index (κ1) is 13.5. The summed E-state index contributed by atoms with van der Waals surface area (Å²) in [6.45, 7) is 4.24. The highest BCUT2D eigenvalue weighted by Crippen LogP contribution is 2.32. The Balaban J connectivity index is 2.34. The normalized spacial score (nSPS) is 12.9. The first-order chi connectivity index (χ1) is 8.63. The van der Waals surface area contributed by atoms with E-state index in [1.165, 1.54) is 4.88 Å². The number of anilines is 1. The van der Waals surface area contributed by atoms with Crippen LogP contribution in [0.5, 0.6) is 0 Å². The average Bonchev–Trinajstić information content (AvgIpc) is 2.75. The smallest absolute Gasteiger partial charge is 0.239 e. The van der Waals surface area contributed by atoms with Crippen molar-refractivity contribution in [3.63, 3.8) is 0 Å². The van der Waals surface area contributed by atoms with Crippen molar-refractivity contribution in [1.82, 2.24) is 9.97 Å². The van der Waals surface area contributed by atoms with E-state index in [0.29, 0.717) is 5.95 Å². The fourth-order valence-corrected chi connectivity index (χ4v) is 3.42. The van der Waals surface area contributed by atoms with Crippen LogP contribution in [0.25, 0.3) is 10.2 Å². The van der Waals surface area contributed by atoms with E-state index < -0.39 is 0 Å². The summed E-state index contributed by atoms with van der Waals surface area (Å²) in [7, 11) is 0. The van der Waals surface area contributed by atoms with Crippen molar-refractivity contribution in [2.75, 3.05) is 17.8 Å². The lowest BCUT2D eigenvalue weighted by Crippen LogP contribution is -2.11. The zero-order chi connectivity index (χ0) is 13.1. The standard InChI is InChI=1S/C11H16N4OS2/c1-6(4-16)5-17-9-8-3-7(2)18-10(8)14-11(13-9)15-12/h3,6,16H,4-5,12H2,1-2H3,(H,13,14,15). The highest BCUT2D eigenvalue weighted by atomic mass is 32.2. The van der Waals surface area contributed by atoms with Crippen LogP contribution in [0.4, 0.5) is 5.95 Å². The molecule has 1 unspecified atom stereocenters.